The van der Waals surface area contributed by atoms with Gasteiger partial charge < -0.3 is 4.52 Å². The molecule has 0 atom stereocenters. The molecule has 5 rings (SSSR count). The summed E-state index contributed by atoms with van der Waals surface area (Å²) in [4.78, 5) is 37.2. The van der Waals surface area contributed by atoms with Crippen LogP contribution in [0, 0.1) is 12.7 Å². The van der Waals surface area contributed by atoms with Gasteiger partial charge in [0, 0.05) is 24.0 Å². The number of thioether (sulfide) groups is 1. The molecule has 5 aromatic rings. The van der Waals surface area contributed by atoms with Gasteiger partial charge in [-0.05, 0) is 19.1 Å². The maximum absolute atomic E-state index is 14.2. The zero-order chi connectivity index (χ0) is 20.8. The van der Waals surface area contributed by atoms with E-state index in [1.165, 1.54) is 34.5 Å². The van der Waals surface area contributed by atoms with E-state index in [9.17, 15) is 14.0 Å². The molecule has 0 saturated carbocycles. The van der Waals surface area contributed by atoms with Crippen LogP contribution >= 0.6 is 11.8 Å². The number of hydrogen-bond donors (Lipinski definition) is 1. The van der Waals surface area contributed by atoms with Gasteiger partial charge in [-0.3, -0.25) is 14.7 Å². The molecule has 0 radical (unpaired) electrons. The first-order valence-electron chi connectivity index (χ1n) is 8.85. The normalized spacial score (nSPS) is 11.5. The van der Waals surface area contributed by atoms with Crippen molar-refractivity contribution in [2.45, 2.75) is 17.8 Å². The molecular weight excluding hydrogens is 411 g/mol. The molecule has 0 bridgehead atoms. The van der Waals surface area contributed by atoms with Crippen molar-refractivity contribution in [3.63, 3.8) is 0 Å². The molecule has 1 aromatic carbocycles. The van der Waals surface area contributed by atoms with E-state index in [-0.39, 0.29) is 22.5 Å². The molecule has 1 N–H and O–H groups in total. The lowest BCUT2D eigenvalue weighted by atomic mass is 10.2. The Bertz CT molecular complexity index is 1530. The van der Waals surface area contributed by atoms with E-state index < -0.39 is 5.82 Å². The molecule has 0 aliphatic carbocycles. The summed E-state index contributed by atoms with van der Waals surface area (Å²) in [6.07, 6.45) is 0. The van der Waals surface area contributed by atoms with Crippen molar-refractivity contribution >= 4 is 23.1 Å². The minimum absolute atomic E-state index is 0.156. The molecule has 11 heteroatoms. The van der Waals surface area contributed by atoms with Crippen molar-refractivity contribution in [3.8, 4) is 11.4 Å². The van der Waals surface area contributed by atoms with Crippen LogP contribution in [0.4, 0.5) is 4.39 Å². The number of aryl methyl sites for hydroxylation is 1. The zero-order valence-corrected chi connectivity index (χ0v) is 16.3. The lowest BCUT2D eigenvalue weighted by Gasteiger charge is -2.08. The molecule has 150 valence electrons. The highest BCUT2D eigenvalue weighted by Gasteiger charge is 2.15. The van der Waals surface area contributed by atoms with E-state index in [1.807, 2.05) is 0 Å². The second kappa shape index (κ2) is 6.95. The molecule has 4 heterocycles. The number of aromatic amines is 1. The van der Waals surface area contributed by atoms with Crippen LogP contribution in [0.2, 0.25) is 0 Å². The topological polar surface area (TPSA) is 111 Å². The molecule has 9 nitrogen and oxygen atoms in total. The van der Waals surface area contributed by atoms with Gasteiger partial charge in [0.25, 0.3) is 11.1 Å². The smallest absolute Gasteiger partial charge is 0.287 e. The van der Waals surface area contributed by atoms with Crippen LogP contribution in [-0.4, -0.2) is 29.1 Å². The highest BCUT2D eigenvalue weighted by Crippen LogP contribution is 2.25. The molecule has 0 unspecified atom stereocenters. The lowest BCUT2D eigenvalue weighted by Crippen LogP contribution is -2.13. The van der Waals surface area contributed by atoms with Crippen LogP contribution in [0.25, 0.3) is 22.7 Å². The predicted molar refractivity (Wildman–Crippen MR) is 107 cm³/mol. The highest BCUT2D eigenvalue weighted by atomic mass is 32.2. The van der Waals surface area contributed by atoms with Gasteiger partial charge in [0.1, 0.15) is 11.6 Å². The van der Waals surface area contributed by atoms with Gasteiger partial charge in [0.2, 0.25) is 0 Å². The lowest BCUT2D eigenvalue weighted by molar-refractivity contribution is 0.344. The van der Waals surface area contributed by atoms with Gasteiger partial charge in [-0.2, -0.15) is 0 Å². The van der Waals surface area contributed by atoms with Crippen molar-refractivity contribution in [1.29, 1.82) is 0 Å². The first-order chi connectivity index (χ1) is 14.5. The standard InChI is InChI=1S/C19H13FN6O3S/c1-10-6-15-21-11(7-17(28)26(15)29-10)9-30-19-23-18(12-4-2-3-5-13(12)20)22-14-8-16(27)24-25(14)19/h2-8H,9H2,1H3,(H,24,27). The summed E-state index contributed by atoms with van der Waals surface area (Å²) in [5.74, 6) is 0.551. The fourth-order valence-electron chi connectivity index (χ4n) is 3.03. The number of H-pyrrole nitrogens is 1. The van der Waals surface area contributed by atoms with Gasteiger partial charge in [-0.15, -0.1) is 4.57 Å². The number of aromatic nitrogens is 6. The Hall–Kier alpha value is -3.73. The molecule has 0 fully saturated rings. The Kier molecular flexibility index (Phi) is 4.24. The SMILES string of the molecule is Cc1cc2nc(CSc3nc(-c4ccccc4F)nc4cc(=O)[nH]n34)cc(=O)n2o1. The highest BCUT2D eigenvalue weighted by molar-refractivity contribution is 7.98. The molecule has 0 spiro atoms. The Balaban J connectivity index is 1.56. The second-order valence-corrected chi connectivity index (χ2v) is 7.44. The fraction of sp³-hybridized carbons (Fsp3) is 0.105. The third kappa shape index (κ3) is 3.18. The molecular formula is C19H13FN6O3S. The van der Waals surface area contributed by atoms with Crippen molar-refractivity contribution < 1.29 is 8.91 Å². The maximum atomic E-state index is 14.2. The number of nitrogens with one attached hydrogen (secondary N) is 1. The monoisotopic (exact) mass is 424 g/mol. The molecule has 4 aromatic heterocycles. The number of benzene rings is 1. The van der Waals surface area contributed by atoms with Crippen molar-refractivity contribution in [2.24, 2.45) is 0 Å². The Morgan fingerprint density at radius 1 is 1.10 bits per heavy atom. The molecule has 30 heavy (non-hydrogen) atoms. The van der Waals surface area contributed by atoms with E-state index in [4.69, 9.17) is 4.52 Å². The largest absolute Gasteiger partial charge is 0.375 e. The van der Waals surface area contributed by atoms with E-state index >= 15 is 0 Å². The van der Waals surface area contributed by atoms with Crippen molar-refractivity contribution in [2.75, 3.05) is 0 Å². The Morgan fingerprint density at radius 2 is 1.93 bits per heavy atom. The van der Waals surface area contributed by atoms with Gasteiger partial charge in [0.15, 0.2) is 22.3 Å². The van der Waals surface area contributed by atoms with Crippen molar-refractivity contribution in [1.82, 2.24) is 29.1 Å². The summed E-state index contributed by atoms with van der Waals surface area (Å²) in [7, 11) is 0. The number of fused-ring (bicyclic) bond motifs is 2. The molecule has 0 saturated heterocycles. The van der Waals surface area contributed by atoms with Crippen LogP contribution in [0.3, 0.4) is 0 Å². The number of nitrogens with zero attached hydrogens (tertiary/aromatic N) is 5. The Morgan fingerprint density at radius 3 is 2.77 bits per heavy atom. The average Bonchev–Trinajstić information content (AvgIpc) is 3.27. The summed E-state index contributed by atoms with van der Waals surface area (Å²) in [6, 6.07) is 10.5. The zero-order valence-electron chi connectivity index (χ0n) is 15.5. The average molecular weight is 424 g/mol. The molecule has 0 aliphatic heterocycles. The third-order valence-electron chi connectivity index (χ3n) is 4.31. The van der Waals surface area contributed by atoms with Crippen LogP contribution < -0.4 is 11.1 Å². The summed E-state index contributed by atoms with van der Waals surface area (Å²) in [6.45, 7) is 1.73. The Labute approximate surface area is 171 Å². The second-order valence-electron chi connectivity index (χ2n) is 6.50. The van der Waals surface area contributed by atoms with Gasteiger partial charge in [-0.25, -0.2) is 23.9 Å². The number of halogens is 1. The first-order valence-corrected chi connectivity index (χ1v) is 9.83. The van der Waals surface area contributed by atoms with Gasteiger partial charge >= 0.3 is 0 Å². The summed E-state index contributed by atoms with van der Waals surface area (Å²) in [5, 5.41) is 3.00. The molecule has 0 amide bonds. The summed E-state index contributed by atoms with van der Waals surface area (Å²) in [5.41, 5.74) is 0.762. The predicted octanol–water partition coefficient (Wildman–Crippen LogP) is 2.43. The van der Waals surface area contributed by atoms with Gasteiger partial charge in [0.05, 0.1) is 11.3 Å². The summed E-state index contributed by atoms with van der Waals surface area (Å²) < 4.78 is 22.1. The number of rotatable bonds is 4. The van der Waals surface area contributed by atoms with Gasteiger partial charge in [-0.1, -0.05) is 23.9 Å². The minimum Gasteiger partial charge on any atom is -0.375 e. The maximum Gasteiger partial charge on any atom is 0.287 e. The van der Waals surface area contributed by atoms with E-state index in [0.29, 0.717) is 33.7 Å². The van der Waals surface area contributed by atoms with Crippen LogP contribution in [-0.2, 0) is 5.75 Å². The quantitative estimate of drug-likeness (QED) is 0.441. The molecule has 0 aliphatic rings. The van der Waals surface area contributed by atoms with E-state index in [0.717, 1.165) is 4.57 Å². The first kappa shape index (κ1) is 18.3. The van der Waals surface area contributed by atoms with Crippen molar-refractivity contribution in [3.05, 3.63) is 80.4 Å². The van der Waals surface area contributed by atoms with E-state index in [1.54, 1.807) is 31.2 Å². The fourth-order valence-corrected chi connectivity index (χ4v) is 3.87. The van der Waals surface area contributed by atoms with Crippen LogP contribution in [0.15, 0.2) is 61.7 Å². The van der Waals surface area contributed by atoms with Crippen LogP contribution in [0.1, 0.15) is 11.5 Å². The van der Waals surface area contributed by atoms with E-state index in [2.05, 4.69) is 20.1 Å². The minimum atomic E-state index is -0.467. The number of hydrogen-bond acceptors (Lipinski definition) is 7. The van der Waals surface area contributed by atoms with Crippen LogP contribution in [0.5, 0.6) is 0 Å². The third-order valence-corrected chi connectivity index (χ3v) is 5.28. The summed E-state index contributed by atoms with van der Waals surface area (Å²) >= 11 is 1.23.